The minimum Gasteiger partial charge on any atom is -0.392 e. The first-order chi connectivity index (χ1) is 5.35. The molecule has 62 valence electrons. The van der Waals surface area contributed by atoms with Crippen molar-refractivity contribution in [1.82, 2.24) is 10.6 Å². The van der Waals surface area contributed by atoms with Gasteiger partial charge in [0.05, 0.1) is 0 Å². The van der Waals surface area contributed by atoms with Gasteiger partial charge in [0.25, 0.3) is 0 Å². The van der Waals surface area contributed by atoms with Crippen LogP contribution in [0.5, 0.6) is 0 Å². The van der Waals surface area contributed by atoms with Gasteiger partial charge < -0.3 is 10.6 Å². The molecule has 0 rings (SSSR count). The molecule has 0 unspecified atom stereocenters. The Morgan fingerprint density at radius 3 is 2.64 bits per heavy atom. The smallest absolute Gasteiger partial charge is 0.0493 e. The van der Waals surface area contributed by atoms with Crippen molar-refractivity contribution >= 4 is 0 Å². The molecule has 0 aliphatic carbocycles. The summed E-state index contributed by atoms with van der Waals surface area (Å²) in [4.78, 5) is 0. The Kier molecular flexibility index (Phi) is 6.19. The molecule has 0 aliphatic rings. The van der Waals surface area contributed by atoms with E-state index in [-0.39, 0.29) is 0 Å². The fourth-order valence-corrected chi connectivity index (χ4v) is 0.656. The zero-order valence-electron chi connectivity index (χ0n) is 7.06. The Labute approximate surface area is 68.7 Å². The van der Waals surface area contributed by atoms with Gasteiger partial charge in [-0.3, -0.25) is 0 Å². The molecular weight excluding hydrogens is 136 g/mol. The molecule has 2 heteroatoms. The van der Waals surface area contributed by atoms with Gasteiger partial charge >= 0.3 is 0 Å². The SMILES string of the molecule is C=CCCN/C(C=C)=C\NC. The second-order valence-electron chi connectivity index (χ2n) is 2.10. The summed E-state index contributed by atoms with van der Waals surface area (Å²) in [6.45, 7) is 8.20. The standard InChI is InChI=1S/C9H16N2/c1-4-6-7-11-9(5-2)8-10-3/h4-5,8,10-11H,1-2,6-7H2,3H3/b9-8-. The van der Waals surface area contributed by atoms with Crippen LogP contribution in [0.25, 0.3) is 0 Å². The molecule has 0 heterocycles. The summed E-state index contributed by atoms with van der Waals surface area (Å²) in [6.07, 6.45) is 6.50. The van der Waals surface area contributed by atoms with E-state index in [4.69, 9.17) is 0 Å². The second kappa shape index (κ2) is 6.93. The van der Waals surface area contributed by atoms with Crippen LogP contribution in [0, 0.1) is 0 Å². The fourth-order valence-electron chi connectivity index (χ4n) is 0.656. The first kappa shape index (κ1) is 9.82. The van der Waals surface area contributed by atoms with Gasteiger partial charge in [0.15, 0.2) is 0 Å². The van der Waals surface area contributed by atoms with Crippen LogP contribution < -0.4 is 10.6 Å². The maximum Gasteiger partial charge on any atom is 0.0493 e. The Morgan fingerprint density at radius 1 is 1.45 bits per heavy atom. The van der Waals surface area contributed by atoms with Crippen molar-refractivity contribution in [3.05, 3.63) is 37.2 Å². The molecule has 0 saturated heterocycles. The van der Waals surface area contributed by atoms with Crippen molar-refractivity contribution in [3.63, 3.8) is 0 Å². The van der Waals surface area contributed by atoms with Crippen LogP contribution in [0.3, 0.4) is 0 Å². The number of hydrogen-bond acceptors (Lipinski definition) is 2. The van der Waals surface area contributed by atoms with Gasteiger partial charge in [-0.25, -0.2) is 0 Å². The highest BCUT2D eigenvalue weighted by molar-refractivity contribution is 5.12. The van der Waals surface area contributed by atoms with E-state index in [0.29, 0.717) is 0 Å². The number of allylic oxidation sites excluding steroid dienone is 1. The molecule has 0 atom stereocenters. The minimum atomic E-state index is 0.906. The van der Waals surface area contributed by atoms with Crippen molar-refractivity contribution in [2.24, 2.45) is 0 Å². The van der Waals surface area contributed by atoms with E-state index in [1.54, 1.807) is 6.08 Å². The Hall–Kier alpha value is -1.18. The predicted molar refractivity (Wildman–Crippen MR) is 50.2 cm³/mol. The molecule has 0 saturated carbocycles. The van der Waals surface area contributed by atoms with Crippen LogP contribution in [0.1, 0.15) is 6.42 Å². The van der Waals surface area contributed by atoms with Gasteiger partial charge in [-0.1, -0.05) is 12.7 Å². The zero-order chi connectivity index (χ0) is 8.53. The monoisotopic (exact) mass is 152 g/mol. The summed E-state index contributed by atoms with van der Waals surface area (Å²) >= 11 is 0. The van der Waals surface area contributed by atoms with Crippen molar-refractivity contribution in [1.29, 1.82) is 0 Å². The first-order valence-electron chi connectivity index (χ1n) is 3.69. The number of rotatable bonds is 6. The van der Waals surface area contributed by atoms with Crippen LogP contribution in [-0.2, 0) is 0 Å². The molecule has 0 aromatic heterocycles. The van der Waals surface area contributed by atoms with Crippen LogP contribution in [-0.4, -0.2) is 13.6 Å². The van der Waals surface area contributed by atoms with Crippen LogP contribution in [0.4, 0.5) is 0 Å². The highest BCUT2D eigenvalue weighted by atomic mass is 14.9. The fraction of sp³-hybridized carbons (Fsp3) is 0.333. The molecule has 2 nitrogen and oxygen atoms in total. The summed E-state index contributed by atoms with van der Waals surface area (Å²) in [7, 11) is 1.86. The molecular formula is C9H16N2. The van der Waals surface area contributed by atoms with E-state index >= 15 is 0 Å². The van der Waals surface area contributed by atoms with Gasteiger partial charge in [0.1, 0.15) is 0 Å². The van der Waals surface area contributed by atoms with Crippen LogP contribution in [0.15, 0.2) is 37.2 Å². The molecule has 0 radical (unpaired) electrons. The van der Waals surface area contributed by atoms with Gasteiger partial charge in [-0.2, -0.15) is 0 Å². The molecule has 2 N–H and O–H groups in total. The van der Waals surface area contributed by atoms with E-state index in [1.165, 1.54) is 0 Å². The van der Waals surface area contributed by atoms with E-state index in [9.17, 15) is 0 Å². The lowest BCUT2D eigenvalue weighted by atomic mass is 10.4. The van der Waals surface area contributed by atoms with E-state index in [2.05, 4.69) is 23.8 Å². The molecule has 0 aromatic rings. The van der Waals surface area contributed by atoms with Gasteiger partial charge in [0, 0.05) is 25.5 Å². The molecule has 0 fully saturated rings. The summed E-state index contributed by atoms with van der Waals surface area (Å²) in [5.74, 6) is 0. The Balaban J connectivity index is 3.60. The predicted octanol–water partition coefficient (Wildman–Crippen LogP) is 1.40. The minimum absolute atomic E-state index is 0.906. The lowest BCUT2D eigenvalue weighted by Crippen LogP contribution is -2.14. The Bertz CT molecular complexity index is 148. The van der Waals surface area contributed by atoms with Gasteiger partial charge in [-0.15, -0.1) is 6.58 Å². The Morgan fingerprint density at radius 2 is 2.18 bits per heavy atom. The van der Waals surface area contributed by atoms with Crippen molar-refractivity contribution in [3.8, 4) is 0 Å². The van der Waals surface area contributed by atoms with Crippen molar-refractivity contribution in [2.45, 2.75) is 6.42 Å². The molecule has 0 aliphatic heterocycles. The lowest BCUT2D eigenvalue weighted by molar-refractivity contribution is 0.812. The normalized spacial score (nSPS) is 10.5. The van der Waals surface area contributed by atoms with Crippen LogP contribution in [0.2, 0.25) is 0 Å². The van der Waals surface area contributed by atoms with Crippen molar-refractivity contribution < 1.29 is 0 Å². The zero-order valence-corrected chi connectivity index (χ0v) is 7.06. The van der Waals surface area contributed by atoms with Gasteiger partial charge in [0.2, 0.25) is 0 Å². The summed E-state index contributed by atoms with van der Waals surface area (Å²) in [6, 6.07) is 0. The third-order valence-corrected chi connectivity index (χ3v) is 1.20. The molecule has 11 heavy (non-hydrogen) atoms. The number of hydrogen-bond donors (Lipinski definition) is 2. The van der Waals surface area contributed by atoms with E-state index < -0.39 is 0 Å². The maximum absolute atomic E-state index is 3.66. The third kappa shape index (κ3) is 5.27. The van der Waals surface area contributed by atoms with Gasteiger partial charge in [-0.05, 0) is 12.5 Å². The molecule has 0 spiro atoms. The largest absolute Gasteiger partial charge is 0.392 e. The summed E-state index contributed by atoms with van der Waals surface area (Å²) < 4.78 is 0. The molecule has 0 bridgehead atoms. The second-order valence-corrected chi connectivity index (χ2v) is 2.10. The topological polar surface area (TPSA) is 24.1 Å². The van der Waals surface area contributed by atoms with E-state index in [1.807, 2.05) is 19.3 Å². The molecule has 0 amide bonds. The maximum atomic E-state index is 3.66. The summed E-state index contributed by atoms with van der Waals surface area (Å²) in [5.41, 5.74) is 1.01. The quantitative estimate of drug-likeness (QED) is 0.341. The highest BCUT2D eigenvalue weighted by Gasteiger charge is 1.85. The van der Waals surface area contributed by atoms with E-state index in [0.717, 1.165) is 18.7 Å². The average Bonchev–Trinajstić information content (AvgIpc) is 2.03. The molecule has 0 aromatic carbocycles. The number of nitrogens with one attached hydrogen (secondary N) is 2. The van der Waals surface area contributed by atoms with Crippen molar-refractivity contribution in [2.75, 3.05) is 13.6 Å². The first-order valence-corrected chi connectivity index (χ1v) is 3.69. The highest BCUT2D eigenvalue weighted by Crippen LogP contribution is 1.87. The summed E-state index contributed by atoms with van der Waals surface area (Å²) in [5, 5.41) is 6.10. The third-order valence-electron chi connectivity index (χ3n) is 1.20. The lowest BCUT2D eigenvalue weighted by Gasteiger charge is -2.04. The average molecular weight is 152 g/mol. The van der Waals surface area contributed by atoms with Crippen LogP contribution >= 0.6 is 0 Å².